The Kier molecular flexibility index (Phi) is 5.83. The van der Waals surface area contributed by atoms with Crippen molar-refractivity contribution in [3.05, 3.63) is 23.8 Å². The lowest BCUT2D eigenvalue weighted by Gasteiger charge is -2.17. The Hall–Kier alpha value is -1.27. The Labute approximate surface area is 121 Å². The van der Waals surface area contributed by atoms with Crippen molar-refractivity contribution in [1.82, 2.24) is 5.32 Å². The van der Waals surface area contributed by atoms with Crippen LogP contribution < -0.4 is 14.8 Å². The fraction of sp³-hybridized carbons (Fsp3) is 0.571. The van der Waals surface area contributed by atoms with Gasteiger partial charge in [-0.25, -0.2) is 8.42 Å². The molecule has 1 aromatic rings. The van der Waals surface area contributed by atoms with Gasteiger partial charge in [0.25, 0.3) is 0 Å². The van der Waals surface area contributed by atoms with E-state index in [4.69, 9.17) is 4.74 Å². The molecule has 0 aliphatic rings. The van der Waals surface area contributed by atoms with Gasteiger partial charge in [-0.15, -0.1) is 0 Å². The highest BCUT2D eigenvalue weighted by molar-refractivity contribution is 7.93. The molecule has 0 saturated heterocycles. The molecule has 1 atom stereocenters. The van der Waals surface area contributed by atoms with E-state index in [-0.39, 0.29) is 6.04 Å². The highest BCUT2D eigenvalue weighted by atomic mass is 32.2. The molecular formula is C14H24N2O3S. The van der Waals surface area contributed by atoms with Crippen LogP contribution in [0, 0.1) is 6.92 Å². The van der Waals surface area contributed by atoms with Crippen LogP contribution in [0.3, 0.4) is 0 Å². The second-order valence-corrected chi connectivity index (χ2v) is 7.30. The van der Waals surface area contributed by atoms with Crippen molar-refractivity contribution in [2.75, 3.05) is 18.4 Å². The van der Waals surface area contributed by atoms with Crippen LogP contribution in [0.4, 0.5) is 5.69 Å². The normalized spacial score (nSPS) is 13.3. The fourth-order valence-electron chi connectivity index (χ4n) is 1.72. The second kappa shape index (κ2) is 6.95. The molecule has 0 amide bonds. The molecule has 0 fully saturated rings. The van der Waals surface area contributed by atoms with Gasteiger partial charge in [-0.3, -0.25) is 4.72 Å². The van der Waals surface area contributed by atoms with E-state index >= 15 is 0 Å². The summed E-state index contributed by atoms with van der Waals surface area (Å²) in [6, 6.07) is 5.48. The van der Waals surface area contributed by atoms with E-state index < -0.39 is 15.3 Å². The zero-order valence-corrected chi connectivity index (χ0v) is 13.5. The molecule has 6 heteroatoms. The van der Waals surface area contributed by atoms with Crippen molar-refractivity contribution in [2.45, 2.75) is 39.0 Å². The summed E-state index contributed by atoms with van der Waals surface area (Å²) in [4.78, 5) is 0. The SMILES string of the molecule is COc1ccc(NS(=O)(=O)C(C)CNC(C)C)cc1C. The van der Waals surface area contributed by atoms with Crippen molar-refractivity contribution in [3.8, 4) is 5.75 Å². The molecule has 1 aromatic carbocycles. The molecule has 0 aromatic heterocycles. The van der Waals surface area contributed by atoms with Crippen molar-refractivity contribution in [2.24, 2.45) is 0 Å². The lowest BCUT2D eigenvalue weighted by atomic mass is 10.2. The number of nitrogens with one attached hydrogen (secondary N) is 2. The first kappa shape index (κ1) is 16.8. The number of sulfonamides is 1. The van der Waals surface area contributed by atoms with E-state index in [9.17, 15) is 8.42 Å². The topological polar surface area (TPSA) is 67.4 Å². The predicted molar refractivity (Wildman–Crippen MR) is 82.9 cm³/mol. The van der Waals surface area contributed by atoms with Crippen molar-refractivity contribution in [3.63, 3.8) is 0 Å². The first-order chi connectivity index (χ1) is 9.26. The van der Waals surface area contributed by atoms with Crippen molar-refractivity contribution >= 4 is 15.7 Å². The van der Waals surface area contributed by atoms with E-state index in [0.29, 0.717) is 12.2 Å². The van der Waals surface area contributed by atoms with E-state index in [2.05, 4.69) is 10.0 Å². The summed E-state index contributed by atoms with van der Waals surface area (Å²) in [6.07, 6.45) is 0. The van der Waals surface area contributed by atoms with Gasteiger partial charge in [0, 0.05) is 18.3 Å². The molecule has 0 aliphatic carbocycles. The maximum Gasteiger partial charge on any atom is 0.236 e. The third kappa shape index (κ3) is 4.68. The number of aryl methyl sites for hydroxylation is 1. The Morgan fingerprint density at radius 2 is 1.90 bits per heavy atom. The molecule has 0 bridgehead atoms. The van der Waals surface area contributed by atoms with Crippen LogP contribution in [-0.4, -0.2) is 33.4 Å². The number of rotatable bonds is 7. The molecule has 0 spiro atoms. The van der Waals surface area contributed by atoms with Crippen LogP contribution in [0.2, 0.25) is 0 Å². The number of ether oxygens (including phenoxy) is 1. The molecule has 1 rings (SSSR count). The van der Waals surface area contributed by atoms with Crippen LogP contribution in [-0.2, 0) is 10.0 Å². The third-order valence-electron chi connectivity index (χ3n) is 3.00. The zero-order chi connectivity index (χ0) is 15.3. The number of methoxy groups -OCH3 is 1. The van der Waals surface area contributed by atoms with Gasteiger partial charge in [0.2, 0.25) is 10.0 Å². The zero-order valence-electron chi connectivity index (χ0n) is 12.7. The Morgan fingerprint density at radius 3 is 2.40 bits per heavy atom. The minimum absolute atomic E-state index is 0.260. The third-order valence-corrected chi connectivity index (χ3v) is 4.74. The van der Waals surface area contributed by atoms with Gasteiger partial charge in [0.05, 0.1) is 12.4 Å². The van der Waals surface area contributed by atoms with Crippen molar-refractivity contribution < 1.29 is 13.2 Å². The summed E-state index contributed by atoms with van der Waals surface area (Å²) in [6.45, 7) is 7.95. The predicted octanol–water partition coefficient (Wildman–Crippen LogP) is 2.13. The standard InChI is InChI=1S/C14H24N2O3S/c1-10(2)15-9-12(4)20(17,18)16-13-6-7-14(19-5)11(3)8-13/h6-8,10,12,15-16H,9H2,1-5H3. The highest BCUT2D eigenvalue weighted by Gasteiger charge is 2.20. The molecule has 5 nitrogen and oxygen atoms in total. The number of hydrogen-bond acceptors (Lipinski definition) is 4. The number of benzene rings is 1. The van der Waals surface area contributed by atoms with Crippen LogP contribution in [0.15, 0.2) is 18.2 Å². The summed E-state index contributed by atoms with van der Waals surface area (Å²) >= 11 is 0. The molecule has 0 heterocycles. The largest absolute Gasteiger partial charge is 0.496 e. The molecule has 1 unspecified atom stereocenters. The van der Waals surface area contributed by atoms with Crippen molar-refractivity contribution in [1.29, 1.82) is 0 Å². The minimum atomic E-state index is -3.40. The maximum atomic E-state index is 12.2. The lowest BCUT2D eigenvalue weighted by molar-refractivity contribution is 0.412. The van der Waals surface area contributed by atoms with E-state index in [0.717, 1.165) is 11.3 Å². The number of anilines is 1. The van der Waals surface area contributed by atoms with Gasteiger partial charge in [-0.1, -0.05) is 13.8 Å². The summed E-state index contributed by atoms with van der Waals surface area (Å²) in [5.74, 6) is 0.738. The summed E-state index contributed by atoms with van der Waals surface area (Å²) in [7, 11) is -1.81. The van der Waals surface area contributed by atoms with Crippen LogP contribution in [0.25, 0.3) is 0 Å². The summed E-state index contributed by atoms with van der Waals surface area (Å²) in [5, 5.41) is 2.62. The van der Waals surface area contributed by atoms with Gasteiger partial charge < -0.3 is 10.1 Å². The van der Waals surface area contributed by atoms with Crippen LogP contribution in [0.1, 0.15) is 26.3 Å². The van der Waals surface area contributed by atoms with E-state index in [1.807, 2.05) is 20.8 Å². The molecule has 2 N–H and O–H groups in total. The van der Waals surface area contributed by atoms with Crippen LogP contribution in [0.5, 0.6) is 5.75 Å². The average molecular weight is 300 g/mol. The average Bonchev–Trinajstić information content (AvgIpc) is 2.35. The molecule has 0 saturated carbocycles. The Balaban J connectivity index is 2.77. The van der Waals surface area contributed by atoms with E-state index in [1.54, 1.807) is 32.2 Å². The van der Waals surface area contributed by atoms with Gasteiger partial charge in [0.15, 0.2) is 0 Å². The van der Waals surface area contributed by atoms with E-state index in [1.165, 1.54) is 0 Å². The lowest BCUT2D eigenvalue weighted by Crippen LogP contribution is -2.37. The minimum Gasteiger partial charge on any atom is -0.496 e. The Morgan fingerprint density at radius 1 is 1.25 bits per heavy atom. The Bertz CT molecular complexity index is 541. The summed E-state index contributed by atoms with van der Waals surface area (Å²) < 4.78 is 32.2. The van der Waals surface area contributed by atoms with Gasteiger partial charge in [0.1, 0.15) is 5.75 Å². The van der Waals surface area contributed by atoms with Crippen LogP contribution >= 0.6 is 0 Å². The molecule has 114 valence electrons. The molecule has 0 aliphatic heterocycles. The molecule has 0 radical (unpaired) electrons. The highest BCUT2D eigenvalue weighted by Crippen LogP contribution is 2.22. The van der Waals surface area contributed by atoms with Gasteiger partial charge >= 0.3 is 0 Å². The monoisotopic (exact) mass is 300 g/mol. The quantitative estimate of drug-likeness (QED) is 0.809. The maximum absolute atomic E-state index is 12.2. The molecular weight excluding hydrogens is 276 g/mol. The number of hydrogen-bond donors (Lipinski definition) is 2. The second-order valence-electron chi connectivity index (χ2n) is 5.21. The molecule has 20 heavy (non-hydrogen) atoms. The summed E-state index contributed by atoms with van der Waals surface area (Å²) in [5.41, 5.74) is 1.44. The first-order valence-corrected chi connectivity index (χ1v) is 8.20. The van der Waals surface area contributed by atoms with Gasteiger partial charge in [-0.2, -0.15) is 0 Å². The first-order valence-electron chi connectivity index (χ1n) is 6.66. The smallest absolute Gasteiger partial charge is 0.236 e. The van der Waals surface area contributed by atoms with Gasteiger partial charge in [-0.05, 0) is 37.6 Å². The fourth-order valence-corrected chi connectivity index (χ4v) is 2.69.